The second-order valence-corrected chi connectivity index (χ2v) is 4.70. The van der Waals surface area contributed by atoms with Crippen molar-refractivity contribution >= 4 is 5.69 Å². The average Bonchev–Trinajstić information content (AvgIpc) is 2.46. The number of anilines is 1. The lowest BCUT2D eigenvalue weighted by atomic mass is 9.98. The Bertz CT molecular complexity index is 507. The summed E-state index contributed by atoms with van der Waals surface area (Å²) in [6.45, 7) is 3.26. The maximum atomic E-state index is 9.08. The Hall–Kier alpha value is -2.00. The Labute approximate surface area is 108 Å². The zero-order valence-electron chi connectivity index (χ0n) is 10.7. The summed E-state index contributed by atoms with van der Waals surface area (Å²) >= 11 is 0. The van der Waals surface area contributed by atoms with E-state index in [1.54, 1.807) is 6.07 Å². The first-order valence-corrected chi connectivity index (χ1v) is 6.51. The lowest BCUT2D eigenvalue weighted by Gasteiger charge is -2.37. The molecule has 3 nitrogen and oxygen atoms in total. The number of nitriles is 2. The molecule has 3 heteroatoms. The number of benzene rings is 1. The quantitative estimate of drug-likeness (QED) is 0.796. The van der Waals surface area contributed by atoms with Gasteiger partial charge in [-0.05, 0) is 43.9 Å². The molecule has 0 aliphatic carbocycles. The molecule has 0 bridgehead atoms. The van der Waals surface area contributed by atoms with E-state index in [4.69, 9.17) is 10.5 Å². The summed E-state index contributed by atoms with van der Waals surface area (Å²) in [5, 5.41) is 18.0. The molecule has 1 heterocycles. The third-order valence-electron chi connectivity index (χ3n) is 3.67. The number of nitrogens with zero attached hydrogens (tertiary/aromatic N) is 3. The average molecular weight is 239 g/mol. The molecule has 1 unspecified atom stereocenters. The van der Waals surface area contributed by atoms with Crippen molar-refractivity contribution in [3.8, 4) is 12.1 Å². The zero-order chi connectivity index (χ0) is 13.0. The third kappa shape index (κ3) is 2.31. The first-order chi connectivity index (χ1) is 8.80. The molecule has 1 atom stereocenters. The Morgan fingerprint density at radius 3 is 2.67 bits per heavy atom. The molecule has 0 radical (unpaired) electrons. The summed E-state index contributed by atoms with van der Waals surface area (Å²) in [5.74, 6) is 0. The lowest BCUT2D eigenvalue weighted by molar-refractivity contribution is 0.450. The van der Waals surface area contributed by atoms with Crippen LogP contribution < -0.4 is 4.90 Å². The van der Waals surface area contributed by atoms with Gasteiger partial charge >= 0.3 is 0 Å². The second kappa shape index (κ2) is 5.56. The minimum absolute atomic E-state index is 0.464. The Morgan fingerprint density at radius 2 is 2.00 bits per heavy atom. The van der Waals surface area contributed by atoms with Crippen LogP contribution in [0.1, 0.15) is 43.7 Å². The third-order valence-corrected chi connectivity index (χ3v) is 3.67. The Morgan fingerprint density at radius 1 is 1.22 bits per heavy atom. The van der Waals surface area contributed by atoms with Gasteiger partial charge in [-0.15, -0.1) is 0 Å². The van der Waals surface area contributed by atoms with Crippen LogP contribution in [0.15, 0.2) is 18.2 Å². The highest BCUT2D eigenvalue weighted by molar-refractivity contribution is 5.58. The first-order valence-electron chi connectivity index (χ1n) is 6.51. The number of hydrogen-bond acceptors (Lipinski definition) is 3. The minimum Gasteiger partial charge on any atom is -0.369 e. The molecule has 1 aliphatic heterocycles. The van der Waals surface area contributed by atoms with Crippen LogP contribution in [0.25, 0.3) is 0 Å². The lowest BCUT2D eigenvalue weighted by Crippen LogP contribution is -2.39. The molecule has 92 valence electrons. The van der Waals surface area contributed by atoms with Gasteiger partial charge in [0.25, 0.3) is 0 Å². The van der Waals surface area contributed by atoms with Gasteiger partial charge in [-0.3, -0.25) is 0 Å². The molecule has 0 amide bonds. The van der Waals surface area contributed by atoms with Crippen molar-refractivity contribution < 1.29 is 0 Å². The van der Waals surface area contributed by atoms with Crippen LogP contribution >= 0.6 is 0 Å². The molecule has 2 rings (SSSR count). The second-order valence-electron chi connectivity index (χ2n) is 4.70. The number of rotatable bonds is 2. The SMILES string of the molecule is CCC1CCCCN1c1ccc(C#N)c(C#N)c1. The monoisotopic (exact) mass is 239 g/mol. The number of hydrogen-bond donors (Lipinski definition) is 0. The first kappa shape index (κ1) is 12.5. The fourth-order valence-electron chi connectivity index (χ4n) is 2.67. The van der Waals surface area contributed by atoms with Crippen LogP contribution in [0.3, 0.4) is 0 Å². The molecule has 0 N–H and O–H groups in total. The topological polar surface area (TPSA) is 50.8 Å². The maximum Gasteiger partial charge on any atom is 0.101 e. The molecule has 1 saturated heterocycles. The highest BCUT2D eigenvalue weighted by atomic mass is 15.2. The molecule has 1 aromatic carbocycles. The number of piperidine rings is 1. The van der Waals surface area contributed by atoms with Crippen LogP contribution in [-0.2, 0) is 0 Å². The smallest absolute Gasteiger partial charge is 0.101 e. The van der Waals surface area contributed by atoms with Crippen molar-refractivity contribution in [2.75, 3.05) is 11.4 Å². The van der Waals surface area contributed by atoms with Gasteiger partial charge in [-0.1, -0.05) is 6.92 Å². The van der Waals surface area contributed by atoms with Crippen molar-refractivity contribution in [2.24, 2.45) is 0 Å². The van der Waals surface area contributed by atoms with E-state index in [0.717, 1.165) is 18.7 Å². The fraction of sp³-hybridized carbons (Fsp3) is 0.467. The van der Waals surface area contributed by atoms with E-state index in [1.165, 1.54) is 19.3 Å². The molecule has 1 aliphatic rings. The Kier molecular flexibility index (Phi) is 3.85. The summed E-state index contributed by atoms with van der Waals surface area (Å²) in [5.41, 5.74) is 2.03. The van der Waals surface area contributed by atoms with E-state index in [-0.39, 0.29) is 0 Å². The maximum absolute atomic E-state index is 9.08. The summed E-state index contributed by atoms with van der Waals surface area (Å²) in [4.78, 5) is 2.38. The molecule has 0 aromatic heterocycles. The van der Waals surface area contributed by atoms with Crippen molar-refractivity contribution in [3.63, 3.8) is 0 Å². The molecule has 0 saturated carbocycles. The van der Waals surface area contributed by atoms with Gasteiger partial charge in [-0.2, -0.15) is 10.5 Å². The van der Waals surface area contributed by atoms with Gasteiger partial charge in [0, 0.05) is 18.3 Å². The molecule has 1 fully saturated rings. The molecular formula is C15H17N3. The largest absolute Gasteiger partial charge is 0.369 e. The van der Waals surface area contributed by atoms with Gasteiger partial charge in [0.15, 0.2) is 0 Å². The van der Waals surface area contributed by atoms with Crippen molar-refractivity contribution in [1.82, 2.24) is 0 Å². The van der Waals surface area contributed by atoms with Crippen LogP contribution in [-0.4, -0.2) is 12.6 Å². The van der Waals surface area contributed by atoms with E-state index in [9.17, 15) is 0 Å². The molecule has 0 spiro atoms. The summed E-state index contributed by atoms with van der Waals surface area (Å²) in [6.07, 6.45) is 4.84. The van der Waals surface area contributed by atoms with E-state index in [1.807, 2.05) is 12.1 Å². The standard InChI is InChI=1S/C15H17N3/c1-2-14-5-3-4-8-18(14)15-7-6-12(10-16)13(9-15)11-17/h6-7,9,14H,2-5,8H2,1H3. The summed E-state index contributed by atoms with van der Waals surface area (Å²) < 4.78 is 0. The van der Waals surface area contributed by atoms with Crippen LogP contribution in [0, 0.1) is 22.7 Å². The zero-order valence-corrected chi connectivity index (χ0v) is 10.7. The van der Waals surface area contributed by atoms with Gasteiger partial charge < -0.3 is 4.90 Å². The van der Waals surface area contributed by atoms with Crippen LogP contribution in [0.5, 0.6) is 0 Å². The van der Waals surface area contributed by atoms with Crippen molar-refractivity contribution in [2.45, 2.75) is 38.6 Å². The van der Waals surface area contributed by atoms with E-state index in [0.29, 0.717) is 17.2 Å². The highest BCUT2D eigenvalue weighted by Gasteiger charge is 2.21. The molecular weight excluding hydrogens is 222 g/mol. The predicted molar refractivity (Wildman–Crippen MR) is 71.1 cm³/mol. The van der Waals surface area contributed by atoms with Crippen molar-refractivity contribution in [1.29, 1.82) is 10.5 Å². The van der Waals surface area contributed by atoms with E-state index >= 15 is 0 Å². The van der Waals surface area contributed by atoms with Gasteiger partial charge in [0.2, 0.25) is 0 Å². The predicted octanol–water partition coefficient (Wildman–Crippen LogP) is 3.20. The van der Waals surface area contributed by atoms with Crippen LogP contribution in [0.2, 0.25) is 0 Å². The van der Waals surface area contributed by atoms with Gasteiger partial charge in [-0.25, -0.2) is 0 Å². The van der Waals surface area contributed by atoms with Gasteiger partial charge in [0.1, 0.15) is 12.1 Å². The summed E-state index contributed by atoms with van der Waals surface area (Å²) in [6, 6.07) is 10.3. The van der Waals surface area contributed by atoms with E-state index < -0.39 is 0 Å². The van der Waals surface area contributed by atoms with Crippen molar-refractivity contribution in [3.05, 3.63) is 29.3 Å². The molecule has 18 heavy (non-hydrogen) atoms. The molecule has 1 aromatic rings. The Balaban J connectivity index is 2.33. The van der Waals surface area contributed by atoms with E-state index in [2.05, 4.69) is 24.0 Å². The normalized spacial score (nSPS) is 19.1. The minimum atomic E-state index is 0.464. The van der Waals surface area contributed by atoms with Crippen LogP contribution in [0.4, 0.5) is 5.69 Å². The van der Waals surface area contributed by atoms with Gasteiger partial charge in [0.05, 0.1) is 11.1 Å². The fourth-order valence-corrected chi connectivity index (χ4v) is 2.67. The summed E-state index contributed by atoms with van der Waals surface area (Å²) in [7, 11) is 0. The highest BCUT2D eigenvalue weighted by Crippen LogP contribution is 2.27.